The number of carbonyl (C=O) groups is 2. The van der Waals surface area contributed by atoms with E-state index in [4.69, 9.17) is 5.11 Å². The van der Waals surface area contributed by atoms with Crippen molar-refractivity contribution in [2.24, 2.45) is 5.10 Å². The molecule has 2 rings (SSSR count). The van der Waals surface area contributed by atoms with E-state index in [-0.39, 0.29) is 24.9 Å². The molecule has 0 saturated heterocycles. The number of carboxylic acids is 1. The Labute approximate surface area is 149 Å². The average molecular weight is 355 g/mol. The quantitative estimate of drug-likeness (QED) is 0.428. The lowest BCUT2D eigenvalue weighted by Crippen LogP contribution is -2.22. The third kappa shape index (κ3) is 5.82. The number of carbonyl (C=O) groups excluding carboxylic acids is 1. The van der Waals surface area contributed by atoms with E-state index < -0.39 is 16.8 Å². The average Bonchev–Trinajstić information content (AvgIpc) is 2.62. The Bertz CT molecular complexity index is 816. The van der Waals surface area contributed by atoms with Crippen LogP contribution < -0.4 is 5.43 Å². The first-order valence-electron chi connectivity index (χ1n) is 7.81. The highest BCUT2D eigenvalue weighted by Crippen LogP contribution is 2.12. The van der Waals surface area contributed by atoms with E-state index >= 15 is 0 Å². The van der Waals surface area contributed by atoms with Gasteiger partial charge in [0, 0.05) is 18.6 Å². The second kappa shape index (κ2) is 9.07. The molecule has 2 N–H and O–H groups in total. The van der Waals surface area contributed by atoms with Crippen molar-refractivity contribution in [3.8, 4) is 0 Å². The molecule has 2 aromatic carbocycles. The number of rotatable bonds is 8. The molecule has 8 nitrogen and oxygen atoms in total. The predicted octanol–water partition coefficient (Wildman–Crippen LogP) is 2.52. The summed E-state index contributed by atoms with van der Waals surface area (Å²) in [5, 5.41) is 23.5. The second-order valence-electron chi connectivity index (χ2n) is 5.45. The lowest BCUT2D eigenvalue weighted by Gasteiger charge is -2.07. The number of nitro benzene ring substituents is 1. The summed E-state index contributed by atoms with van der Waals surface area (Å²) in [6, 6.07) is 14.6. The lowest BCUT2D eigenvalue weighted by atomic mass is 10.1. The summed E-state index contributed by atoms with van der Waals surface area (Å²) in [4.78, 5) is 32.9. The topological polar surface area (TPSA) is 122 Å². The predicted molar refractivity (Wildman–Crippen MR) is 94.8 cm³/mol. The normalized spacial score (nSPS) is 11.0. The number of amides is 1. The number of hydrogen-bond donors (Lipinski definition) is 2. The Kier molecular flexibility index (Phi) is 6.55. The molecule has 0 aliphatic heterocycles. The zero-order valence-corrected chi connectivity index (χ0v) is 13.8. The largest absolute Gasteiger partial charge is 0.481 e. The van der Waals surface area contributed by atoms with Crippen LogP contribution in [0.1, 0.15) is 24.0 Å². The van der Waals surface area contributed by atoms with Crippen LogP contribution in [-0.4, -0.2) is 27.6 Å². The van der Waals surface area contributed by atoms with Crippen molar-refractivity contribution >= 4 is 23.3 Å². The van der Waals surface area contributed by atoms with Crippen molar-refractivity contribution in [2.45, 2.75) is 19.3 Å². The number of nitrogens with one attached hydrogen (secondary N) is 1. The van der Waals surface area contributed by atoms with Gasteiger partial charge in [-0.3, -0.25) is 19.7 Å². The molecule has 26 heavy (non-hydrogen) atoms. The Morgan fingerprint density at radius 3 is 2.27 bits per heavy atom. The smallest absolute Gasteiger partial charge is 0.303 e. The molecule has 0 spiro atoms. The van der Waals surface area contributed by atoms with Crippen LogP contribution in [0.5, 0.6) is 0 Å². The van der Waals surface area contributed by atoms with Gasteiger partial charge in [-0.25, -0.2) is 5.43 Å². The standard InChI is InChI=1S/C18H17N3O5/c22-17(12-13-6-8-15(9-7-13)21(25)26)20-19-16(10-11-18(23)24)14-4-2-1-3-5-14/h1-9H,10-12H2,(H,20,22)(H,23,24)/b19-16+. The van der Waals surface area contributed by atoms with Gasteiger partial charge in [0.15, 0.2) is 0 Å². The van der Waals surface area contributed by atoms with Gasteiger partial charge in [0.2, 0.25) is 5.91 Å². The third-order valence-electron chi connectivity index (χ3n) is 3.51. The van der Waals surface area contributed by atoms with Crippen LogP contribution in [0.15, 0.2) is 59.7 Å². The first-order chi connectivity index (χ1) is 12.5. The van der Waals surface area contributed by atoms with Crippen LogP contribution in [0.2, 0.25) is 0 Å². The molecule has 0 saturated carbocycles. The summed E-state index contributed by atoms with van der Waals surface area (Å²) in [5.41, 5.74) is 4.16. The van der Waals surface area contributed by atoms with Gasteiger partial charge in [-0.15, -0.1) is 0 Å². The summed E-state index contributed by atoms with van der Waals surface area (Å²) >= 11 is 0. The molecular formula is C18H17N3O5. The van der Waals surface area contributed by atoms with Gasteiger partial charge >= 0.3 is 5.97 Å². The van der Waals surface area contributed by atoms with Crippen molar-refractivity contribution in [2.75, 3.05) is 0 Å². The maximum Gasteiger partial charge on any atom is 0.303 e. The summed E-state index contributed by atoms with van der Waals surface area (Å²) in [5.74, 6) is -1.35. The maximum absolute atomic E-state index is 12.0. The number of hydrazone groups is 1. The molecule has 0 radical (unpaired) electrons. The molecule has 1 amide bonds. The number of non-ortho nitro benzene ring substituents is 1. The van der Waals surface area contributed by atoms with Gasteiger partial charge in [-0.05, 0) is 11.1 Å². The van der Waals surface area contributed by atoms with Gasteiger partial charge in [0.25, 0.3) is 5.69 Å². The number of nitrogens with zero attached hydrogens (tertiary/aromatic N) is 2. The van der Waals surface area contributed by atoms with E-state index in [2.05, 4.69) is 10.5 Å². The fourth-order valence-corrected chi connectivity index (χ4v) is 2.21. The van der Waals surface area contributed by atoms with E-state index in [1.807, 2.05) is 6.07 Å². The minimum atomic E-state index is -0.953. The van der Waals surface area contributed by atoms with Crippen molar-refractivity contribution in [1.29, 1.82) is 0 Å². The zero-order valence-electron chi connectivity index (χ0n) is 13.8. The van der Waals surface area contributed by atoms with Crippen LogP contribution in [-0.2, 0) is 16.0 Å². The van der Waals surface area contributed by atoms with Crippen LogP contribution in [0.4, 0.5) is 5.69 Å². The number of carboxylic acid groups (broad SMARTS) is 1. The van der Waals surface area contributed by atoms with Crippen molar-refractivity contribution in [1.82, 2.24) is 5.43 Å². The number of benzene rings is 2. The fraction of sp³-hybridized carbons (Fsp3) is 0.167. The molecule has 2 aromatic rings. The highest BCUT2D eigenvalue weighted by atomic mass is 16.6. The van der Waals surface area contributed by atoms with Gasteiger partial charge in [-0.1, -0.05) is 42.5 Å². The van der Waals surface area contributed by atoms with Crippen molar-refractivity contribution in [3.05, 3.63) is 75.8 Å². The van der Waals surface area contributed by atoms with E-state index in [1.54, 1.807) is 24.3 Å². The Hall–Kier alpha value is -3.55. The summed E-state index contributed by atoms with van der Waals surface area (Å²) < 4.78 is 0. The number of aliphatic carboxylic acids is 1. The summed E-state index contributed by atoms with van der Waals surface area (Å²) in [7, 11) is 0. The fourth-order valence-electron chi connectivity index (χ4n) is 2.21. The molecule has 0 fully saturated rings. The van der Waals surface area contributed by atoms with E-state index in [0.717, 1.165) is 5.56 Å². The molecule has 8 heteroatoms. The van der Waals surface area contributed by atoms with Crippen LogP contribution in [0.25, 0.3) is 0 Å². The molecule has 0 aliphatic rings. The van der Waals surface area contributed by atoms with Crippen molar-refractivity contribution < 1.29 is 19.6 Å². The SMILES string of the molecule is O=C(O)CC/C(=N\NC(=O)Cc1ccc([N+](=O)[O-])cc1)c1ccccc1. The first kappa shape index (κ1) is 18.8. The Balaban J connectivity index is 2.04. The Morgan fingerprint density at radius 1 is 1.04 bits per heavy atom. The van der Waals surface area contributed by atoms with Gasteiger partial charge < -0.3 is 5.11 Å². The highest BCUT2D eigenvalue weighted by Gasteiger charge is 2.10. The molecule has 0 bridgehead atoms. The molecule has 0 atom stereocenters. The van der Waals surface area contributed by atoms with Crippen LogP contribution in [0, 0.1) is 10.1 Å². The zero-order chi connectivity index (χ0) is 18.9. The maximum atomic E-state index is 12.0. The van der Waals surface area contributed by atoms with Crippen LogP contribution >= 0.6 is 0 Å². The molecule has 134 valence electrons. The minimum absolute atomic E-state index is 0.00247. The molecule has 0 aliphatic carbocycles. The Morgan fingerprint density at radius 2 is 1.69 bits per heavy atom. The molecule has 0 aromatic heterocycles. The summed E-state index contributed by atoms with van der Waals surface area (Å²) in [6.07, 6.45) is 0.0750. The number of nitro groups is 1. The first-order valence-corrected chi connectivity index (χ1v) is 7.81. The van der Waals surface area contributed by atoms with Gasteiger partial charge in [0.05, 0.1) is 23.5 Å². The van der Waals surface area contributed by atoms with Gasteiger partial charge in [0.1, 0.15) is 0 Å². The lowest BCUT2D eigenvalue weighted by molar-refractivity contribution is -0.384. The van der Waals surface area contributed by atoms with E-state index in [0.29, 0.717) is 11.3 Å². The molecule has 0 unspecified atom stereocenters. The minimum Gasteiger partial charge on any atom is -0.481 e. The second-order valence-corrected chi connectivity index (χ2v) is 5.45. The van der Waals surface area contributed by atoms with Gasteiger partial charge in [-0.2, -0.15) is 5.10 Å². The highest BCUT2D eigenvalue weighted by molar-refractivity contribution is 6.02. The molecule has 0 heterocycles. The van der Waals surface area contributed by atoms with E-state index in [9.17, 15) is 19.7 Å². The van der Waals surface area contributed by atoms with E-state index in [1.165, 1.54) is 24.3 Å². The monoisotopic (exact) mass is 355 g/mol. The van der Waals surface area contributed by atoms with Crippen molar-refractivity contribution in [3.63, 3.8) is 0 Å². The third-order valence-corrected chi connectivity index (χ3v) is 3.51. The summed E-state index contributed by atoms with van der Waals surface area (Å²) in [6.45, 7) is 0. The van der Waals surface area contributed by atoms with Crippen LogP contribution in [0.3, 0.4) is 0 Å². The molecular weight excluding hydrogens is 338 g/mol. The number of hydrogen-bond acceptors (Lipinski definition) is 5.